The molecule has 2 heteroatoms. The molecule has 1 nitrogen and oxygen atoms in total. The molecule has 0 aliphatic rings. The first-order chi connectivity index (χ1) is 5.13. The number of hydrogen-bond acceptors (Lipinski definition) is 0. The Labute approximate surface area is 74.8 Å². The second kappa shape index (κ2) is 5.84. The van der Waals surface area contributed by atoms with Gasteiger partial charge >= 0.3 is 0 Å². The average Bonchev–Trinajstić information content (AvgIpc) is 2.02. The van der Waals surface area contributed by atoms with E-state index < -0.39 is 0 Å². The second-order valence-corrected chi connectivity index (χ2v) is 3.86. The minimum atomic E-state index is -0.0534. The topological polar surface area (TPSA) is 19.9 Å². The Morgan fingerprint density at radius 1 is 1.27 bits per heavy atom. The van der Waals surface area contributed by atoms with Crippen molar-refractivity contribution in [2.75, 3.05) is 6.61 Å². The van der Waals surface area contributed by atoms with E-state index in [0.29, 0.717) is 5.92 Å². The summed E-state index contributed by atoms with van der Waals surface area (Å²) in [5, 5.41) is 10.6. The molecule has 0 saturated carbocycles. The molecule has 0 fully saturated rings. The van der Waals surface area contributed by atoms with E-state index in [1.807, 2.05) is 6.92 Å². The van der Waals surface area contributed by atoms with Crippen LogP contribution in [0.5, 0.6) is 0 Å². The third kappa shape index (κ3) is 3.97. The van der Waals surface area contributed by atoms with Crippen molar-refractivity contribution in [2.24, 2.45) is 11.8 Å². The molecule has 3 atom stereocenters. The van der Waals surface area contributed by atoms with Crippen LogP contribution in [0.25, 0.3) is 0 Å². The molecule has 0 aromatic heterocycles. The zero-order chi connectivity index (χ0) is 8.85. The van der Waals surface area contributed by atoms with Crippen molar-refractivity contribution in [2.45, 2.75) is 39.0 Å². The lowest BCUT2D eigenvalue weighted by Gasteiger charge is -2.21. The van der Waals surface area contributed by atoms with Crippen LogP contribution >= 0.6 is 11.6 Å². The highest BCUT2D eigenvalue weighted by atomic mass is 35.5. The summed E-state index contributed by atoms with van der Waals surface area (Å²) in [4.78, 5) is 0. The molecule has 0 bridgehead atoms. The molecule has 0 aliphatic carbocycles. The summed E-state index contributed by atoms with van der Waals surface area (Å²) >= 11 is 6.06. The SMILES string of the molecule is CCCC(C)C(Cl)C(C)C[O]. The summed E-state index contributed by atoms with van der Waals surface area (Å²) in [5.41, 5.74) is 0. The Kier molecular flexibility index (Phi) is 5.98. The molecule has 3 unspecified atom stereocenters. The fraction of sp³-hybridized carbons (Fsp3) is 1.00. The summed E-state index contributed by atoms with van der Waals surface area (Å²) in [5.74, 6) is 0.587. The third-order valence-corrected chi connectivity index (χ3v) is 2.95. The summed E-state index contributed by atoms with van der Waals surface area (Å²) < 4.78 is 0. The maximum absolute atomic E-state index is 10.5. The van der Waals surface area contributed by atoms with Gasteiger partial charge in [-0.25, -0.2) is 5.11 Å². The normalized spacial score (nSPS) is 19.4. The van der Waals surface area contributed by atoms with E-state index in [1.54, 1.807) is 0 Å². The molecule has 67 valence electrons. The Balaban J connectivity index is 3.70. The van der Waals surface area contributed by atoms with Gasteiger partial charge in [-0.1, -0.05) is 27.2 Å². The predicted molar refractivity (Wildman–Crippen MR) is 48.4 cm³/mol. The van der Waals surface area contributed by atoms with E-state index in [1.165, 1.54) is 0 Å². The van der Waals surface area contributed by atoms with Gasteiger partial charge in [-0.3, -0.25) is 0 Å². The van der Waals surface area contributed by atoms with Crippen LogP contribution in [0.4, 0.5) is 0 Å². The van der Waals surface area contributed by atoms with Crippen molar-refractivity contribution in [3.63, 3.8) is 0 Å². The van der Waals surface area contributed by atoms with Crippen LogP contribution in [0, 0.1) is 11.8 Å². The van der Waals surface area contributed by atoms with E-state index in [9.17, 15) is 5.11 Å². The van der Waals surface area contributed by atoms with E-state index in [0.717, 1.165) is 12.8 Å². The molecular weight excluding hydrogens is 160 g/mol. The van der Waals surface area contributed by atoms with Crippen LogP contribution in [0.3, 0.4) is 0 Å². The molecule has 0 aromatic rings. The monoisotopic (exact) mass is 177 g/mol. The fourth-order valence-corrected chi connectivity index (χ4v) is 1.47. The summed E-state index contributed by atoms with van der Waals surface area (Å²) in [7, 11) is 0. The van der Waals surface area contributed by atoms with Gasteiger partial charge in [0.05, 0.1) is 6.61 Å². The maximum atomic E-state index is 10.5. The fourth-order valence-electron chi connectivity index (χ4n) is 1.27. The van der Waals surface area contributed by atoms with Crippen LogP contribution in [0.1, 0.15) is 33.6 Å². The molecule has 0 heterocycles. The zero-order valence-electron chi connectivity index (χ0n) is 7.64. The van der Waals surface area contributed by atoms with Crippen molar-refractivity contribution in [1.82, 2.24) is 0 Å². The molecule has 0 rings (SSSR count). The number of halogens is 1. The highest BCUT2D eigenvalue weighted by Crippen LogP contribution is 2.22. The third-order valence-electron chi connectivity index (χ3n) is 2.09. The summed E-state index contributed by atoms with van der Waals surface area (Å²) in [6.45, 7) is 6.13. The minimum Gasteiger partial charge on any atom is -0.236 e. The van der Waals surface area contributed by atoms with Crippen LogP contribution < -0.4 is 0 Å². The largest absolute Gasteiger partial charge is 0.236 e. The van der Waals surface area contributed by atoms with Crippen molar-refractivity contribution in [3.05, 3.63) is 0 Å². The minimum absolute atomic E-state index is 0.0534. The standard InChI is InChI=1S/C9H18ClO/c1-4-5-7(2)9(10)8(3)6-11/h7-9H,4-6H2,1-3H3. The molecule has 0 spiro atoms. The van der Waals surface area contributed by atoms with Crippen LogP contribution in [0.15, 0.2) is 0 Å². The molecule has 0 aliphatic heterocycles. The Hall–Kier alpha value is 0.250. The van der Waals surface area contributed by atoms with Gasteiger partial charge in [-0.05, 0) is 18.3 Å². The highest BCUT2D eigenvalue weighted by Gasteiger charge is 2.19. The second-order valence-electron chi connectivity index (χ2n) is 3.35. The van der Waals surface area contributed by atoms with Crippen molar-refractivity contribution in [1.29, 1.82) is 0 Å². The lowest BCUT2D eigenvalue weighted by Crippen LogP contribution is -2.22. The van der Waals surface area contributed by atoms with Crippen LogP contribution in [-0.2, 0) is 5.11 Å². The first-order valence-electron chi connectivity index (χ1n) is 4.35. The van der Waals surface area contributed by atoms with E-state index in [2.05, 4.69) is 13.8 Å². The lowest BCUT2D eigenvalue weighted by atomic mass is 9.94. The Bertz CT molecular complexity index is 95.6. The molecule has 0 amide bonds. The Morgan fingerprint density at radius 3 is 2.18 bits per heavy atom. The quantitative estimate of drug-likeness (QED) is 0.576. The van der Waals surface area contributed by atoms with Crippen molar-refractivity contribution in [3.8, 4) is 0 Å². The van der Waals surface area contributed by atoms with Gasteiger partial charge in [-0.15, -0.1) is 11.6 Å². The van der Waals surface area contributed by atoms with E-state index in [4.69, 9.17) is 11.6 Å². The number of alkyl halides is 1. The first-order valence-corrected chi connectivity index (χ1v) is 4.79. The highest BCUT2D eigenvalue weighted by molar-refractivity contribution is 6.20. The molecular formula is C9H18ClO. The van der Waals surface area contributed by atoms with Gasteiger partial charge in [0.15, 0.2) is 0 Å². The molecule has 11 heavy (non-hydrogen) atoms. The van der Waals surface area contributed by atoms with Gasteiger partial charge < -0.3 is 0 Å². The average molecular weight is 178 g/mol. The van der Waals surface area contributed by atoms with E-state index >= 15 is 0 Å². The summed E-state index contributed by atoms with van der Waals surface area (Å²) in [6.07, 6.45) is 2.27. The predicted octanol–water partition coefficient (Wildman–Crippen LogP) is 3.10. The smallest absolute Gasteiger partial charge is 0.0862 e. The van der Waals surface area contributed by atoms with Crippen LogP contribution in [0.2, 0.25) is 0 Å². The number of rotatable bonds is 5. The van der Waals surface area contributed by atoms with Gasteiger partial charge in [-0.2, -0.15) is 0 Å². The first kappa shape index (κ1) is 11.2. The van der Waals surface area contributed by atoms with Gasteiger partial charge in [0.25, 0.3) is 0 Å². The summed E-state index contributed by atoms with van der Waals surface area (Å²) in [6, 6.07) is 0. The van der Waals surface area contributed by atoms with Crippen molar-refractivity contribution < 1.29 is 5.11 Å². The molecule has 0 aromatic carbocycles. The van der Waals surface area contributed by atoms with Crippen molar-refractivity contribution >= 4 is 11.6 Å². The van der Waals surface area contributed by atoms with Gasteiger partial charge in [0.2, 0.25) is 0 Å². The van der Waals surface area contributed by atoms with E-state index in [-0.39, 0.29) is 17.9 Å². The Morgan fingerprint density at radius 2 is 1.82 bits per heavy atom. The number of hydrogen-bond donors (Lipinski definition) is 0. The lowest BCUT2D eigenvalue weighted by molar-refractivity contribution is 0.140. The van der Waals surface area contributed by atoms with Crippen LogP contribution in [-0.4, -0.2) is 12.0 Å². The maximum Gasteiger partial charge on any atom is 0.0862 e. The van der Waals surface area contributed by atoms with Gasteiger partial charge in [0, 0.05) is 5.38 Å². The molecule has 0 saturated heterocycles. The van der Waals surface area contributed by atoms with Gasteiger partial charge in [0.1, 0.15) is 0 Å². The zero-order valence-corrected chi connectivity index (χ0v) is 8.40. The molecule has 1 radical (unpaired) electrons. The molecule has 0 N–H and O–H groups in total.